The molecule has 1 heterocycles. The first kappa shape index (κ1) is 10.2. The number of nitrogens with zero attached hydrogens (tertiary/aromatic N) is 1. The van der Waals surface area contributed by atoms with Crippen LogP contribution in [-0.2, 0) is 0 Å². The molecular formula is C11H15FN2O. The topological polar surface area (TPSA) is 49.5 Å². The molecule has 0 aliphatic carbocycles. The third kappa shape index (κ3) is 2.04. The number of nitrogens with two attached hydrogens (primary N) is 1. The highest BCUT2D eigenvalue weighted by molar-refractivity contribution is 5.54. The van der Waals surface area contributed by atoms with Crippen molar-refractivity contribution in [1.82, 2.24) is 0 Å². The third-order valence-corrected chi connectivity index (χ3v) is 2.75. The standard InChI is InChI=1S/C11H15FN2O/c12-9-7-8(13)4-5-10(9)14-6-2-1-3-11(14)15/h4-5,7,11,15H,1-3,6,13H2/t11-/m1/s1. The average Bonchev–Trinajstić information content (AvgIpc) is 2.20. The molecule has 3 nitrogen and oxygen atoms in total. The predicted molar refractivity (Wildman–Crippen MR) is 58.0 cm³/mol. The number of piperidine rings is 1. The van der Waals surface area contributed by atoms with Crippen LogP contribution in [0.5, 0.6) is 0 Å². The van der Waals surface area contributed by atoms with Crippen LogP contribution in [0.15, 0.2) is 18.2 Å². The smallest absolute Gasteiger partial charge is 0.148 e. The van der Waals surface area contributed by atoms with Crippen molar-refractivity contribution < 1.29 is 9.50 Å². The van der Waals surface area contributed by atoms with Crippen LogP contribution in [0.2, 0.25) is 0 Å². The van der Waals surface area contributed by atoms with Gasteiger partial charge >= 0.3 is 0 Å². The number of halogens is 1. The molecule has 0 bridgehead atoms. The summed E-state index contributed by atoms with van der Waals surface area (Å²) < 4.78 is 13.6. The van der Waals surface area contributed by atoms with E-state index in [9.17, 15) is 9.50 Å². The van der Waals surface area contributed by atoms with Crippen LogP contribution >= 0.6 is 0 Å². The van der Waals surface area contributed by atoms with Crippen LogP contribution < -0.4 is 10.6 Å². The van der Waals surface area contributed by atoms with Crippen LogP contribution in [0.1, 0.15) is 19.3 Å². The number of aliphatic hydroxyl groups excluding tert-OH is 1. The van der Waals surface area contributed by atoms with E-state index in [-0.39, 0.29) is 5.82 Å². The highest BCUT2D eigenvalue weighted by Gasteiger charge is 2.22. The molecule has 3 N–H and O–H groups in total. The van der Waals surface area contributed by atoms with Gasteiger partial charge in [-0.1, -0.05) is 0 Å². The van der Waals surface area contributed by atoms with E-state index < -0.39 is 6.23 Å². The van der Waals surface area contributed by atoms with Crippen molar-refractivity contribution in [2.45, 2.75) is 25.5 Å². The van der Waals surface area contributed by atoms with Crippen molar-refractivity contribution >= 4 is 11.4 Å². The van der Waals surface area contributed by atoms with Crippen molar-refractivity contribution in [2.75, 3.05) is 17.2 Å². The summed E-state index contributed by atoms with van der Waals surface area (Å²) in [6.45, 7) is 0.696. The molecule has 0 spiro atoms. The fourth-order valence-electron chi connectivity index (χ4n) is 1.95. The molecule has 1 atom stereocenters. The van der Waals surface area contributed by atoms with Gasteiger partial charge in [-0.3, -0.25) is 0 Å². The molecule has 15 heavy (non-hydrogen) atoms. The number of benzene rings is 1. The fraction of sp³-hybridized carbons (Fsp3) is 0.455. The highest BCUT2D eigenvalue weighted by Crippen LogP contribution is 2.27. The number of nitrogen functional groups attached to an aromatic ring is 1. The second-order valence-electron chi connectivity index (χ2n) is 3.88. The Balaban J connectivity index is 2.27. The van der Waals surface area contributed by atoms with E-state index in [0.29, 0.717) is 24.3 Å². The minimum Gasteiger partial charge on any atom is -0.399 e. The van der Waals surface area contributed by atoms with Crippen molar-refractivity contribution in [3.8, 4) is 0 Å². The molecule has 0 saturated carbocycles. The van der Waals surface area contributed by atoms with Crippen molar-refractivity contribution in [3.63, 3.8) is 0 Å². The van der Waals surface area contributed by atoms with E-state index in [4.69, 9.17) is 5.73 Å². The average molecular weight is 210 g/mol. The lowest BCUT2D eigenvalue weighted by Gasteiger charge is -2.34. The van der Waals surface area contributed by atoms with Gasteiger partial charge in [-0.2, -0.15) is 0 Å². The summed E-state index contributed by atoms with van der Waals surface area (Å²) in [5.41, 5.74) is 6.32. The monoisotopic (exact) mass is 210 g/mol. The molecule has 1 aliphatic rings. The fourth-order valence-corrected chi connectivity index (χ4v) is 1.95. The van der Waals surface area contributed by atoms with E-state index in [1.807, 2.05) is 0 Å². The van der Waals surface area contributed by atoms with Gasteiger partial charge in [-0.15, -0.1) is 0 Å². The van der Waals surface area contributed by atoms with Gasteiger partial charge < -0.3 is 15.7 Å². The quantitative estimate of drug-likeness (QED) is 0.694. The maximum absolute atomic E-state index is 13.6. The van der Waals surface area contributed by atoms with Gasteiger partial charge in [0.15, 0.2) is 0 Å². The Kier molecular flexibility index (Phi) is 2.77. The molecule has 0 amide bonds. The Bertz CT molecular complexity index is 356. The molecule has 2 rings (SSSR count). The Morgan fingerprint density at radius 2 is 2.20 bits per heavy atom. The van der Waals surface area contributed by atoms with E-state index in [1.54, 1.807) is 17.0 Å². The lowest BCUT2D eigenvalue weighted by Crippen LogP contribution is -2.39. The highest BCUT2D eigenvalue weighted by atomic mass is 19.1. The number of hydrogen-bond acceptors (Lipinski definition) is 3. The molecule has 82 valence electrons. The number of anilines is 2. The first-order valence-corrected chi connectivity index (χ1v) is 5.18. The van der Waals surface area contributed by atoms with Crippen molar-refractivity contribution in [3.05, 3.63) is 24.0 Å². The molecule has 0 aromatic heterocycles. The van der Waals surface area contributed by atoms with Gasteiger partial charge in [0, 0.05) is 12.2 Å². The lowest BCUT2D eigenvalue weighted by atomic mass is 10.1. The normalized spacial score (nSPS) is 21.7. The minimum atomic E-state index is -0.572. The molecule has 0 unspecified atom stereocenters. The van der Waals surface area contributed by atoms with Crippen LogP contribution in [0, 0.1) is 5.82 Å². The minimum absolute atomic E-state index is 0.365. The van der Waals surface area contributed by atoms with Gasteiger partial charge in [0.25, 0.3) is 0 Å². The third-order valence-electron chi connectivity index (χ3n) is 2.75. The summed E-state index contributed by atoms with van der Waals surface area (Å²) in [5, 5.41) is 9.74. The summed E-state index contributed by atoms with van der Waals surface area (Å²) in [6.07, 6.45) is 2.11. The van der Waals surface area contributed by atoms with Gasteiger partial charge in [0.2, 0.25) is 0 Å². The zero-order valence-electron chi connectivity index (χ0n) is 8.49. The van der Waals surface area contributed by atoms with Crippen molar-refractivity contribution in [1.29, 1.82) is 0 Å². The number of aliphatic hydroxyl groups is 1. The summed E-state index contributed by atoms with van der Waals surface area (Å²) in [5.74, 6) is -0.365. The molecule has 1 aliphatic heterocycles. The van der Waals surface area contributed by atoms with Gasteiger partial charge in [-0.25, -0.2) is 4.39 Å². The number of rotatable bonds is 1. The maximum Gasteiger partial charge on any atom is 0.148 e. The molecular weight excluding hydrogens is 195 g/mol. The van der Waals surface area contributed by atoms with E-state index >= 15 is 0 Å². The summed E-state index contributed by atoms with van der Waals surface area (Å²) in [6, 6.07) is 4.57. The molecule has 1 fully saturated rings. The van der Waals surface area contributed by atoms with Crippen molar-refractivity contribution in [2.24, 2.45) is 0 Å². The summed E-state index contributed by atoms with van der Waals surface area (Å²) >= 11 is 0. The Morgan fingerprint density at radius 1 is 1.40 bits per heavy atom. The van der Waals surface area contributed by atoms with Crippen LogP contribution in [-0.4, -0.2) is 17.9 Å². The summed E-state index contributed by atoms with van der Waals surface area (Å²) in [7, 11) is 0. The molecule has 4 heteroatoms. The Labute approximate surface area is 88.3 Å². The number of hydrogen-bond donors (Lipinski definition) is 2. The van der Waals surface area contributed by atoms with Crippen LogP contribution in [0.25, 0.3) is 0 Å². The Morgan fingerprint density at radius 3 is 2.87 bits per heavy atom. The Hall–Kier alpha value is -1.29. The molecule has 0 radical (unpaired) electrons. The largest absolute Gasteiger partial charge is 0.399 e. The zero-order valence-corrected chi connectivity index (χ0v) is 8.49. The van der Waals surface area contributed by atoms with E-state index in [2.05, 4.69) is 0 Å². The first-order chi connectivity index (χ1) is 7.18. The maximum atomic E-state index is 13.6. The second kappa shape index (κ2) is 4.06. The first-order valence-electron chi connectivity index (χ1n) is 5.18. The van der Waals surface area contributed by atoms with Gasteiger partial charge in [0.1, 0.15) is 12.0 Å². The van der Waals surface area contributed by atoms with Gasteiger partial charge in [0.05, 0.1) is 5.69 Å². The van der Waals surface area contributed by atoms with Gasteiger partial charge in [-0.05, 0) is 37.5 Å². The second-order valence-corrected chi connectivity index (χ2v) is 3.88. The van der Waals surface area contributed by atoms with E-state index in [1.165, 1.54) is 6.07 Å². The molecule has 1 aromatic carbocycles. The summed E-state index contributed by atoms with van der Waals surface area (Å²) in [4.78, 5) is 1.69. The zero-order chi connectivity index (χ0) is 10.8. The SMILES string of the molecule is Nc1ccc(N2CCCC[C@H]2O)c(F)c1. The predicted octanol–water partition coefficient (Wildman–Crippen LogP) is 1.72. The molecule has 1 saturated heterocycles. The lowest BCUT2D eigenvalue weighted by molar-refractivity contribution is 0.139. The molecule has 1 aromatic rings. The van der Waals surface area contributed by atoms with E-state index in [0.717, 1.165) is 12.8 Å². The van der Waals surface area contributed by atoms with Crippen LogP contribution in [0.4, 0.5) is 15.8 Å². The van der Waals surface area contributed by atoms with Crippen LogP contribution in [0.3, 0.4) is 0 Å².